The van der Waals surface area contributed by atoms with Crippen LogP contribution in [0.3, 0.4) is 0 Å². The van der Waals surface area contributed by atoms with E-state index in [0.29, 0.717) is 5.91 Å². The molecule has 1 saturated carbocycles. The minimum Gasteiger partial charge on any atom is -0.341 e. The van der Waals surface area contributed by atoms with Gasteiger partial charge in [0.1, 0.15) is 0 Å². The molecule has 2 fully saturated rings. The quantitative estimate of drug-likeness (QED) is 0.746. The van der Waals surface area contributed by atoms with Crippen LogP contribution in [0.4, 0.5) is 0 Å². The number of carbonyl (C=O) groups is 1. The van der Waals surface area contributed by atoms with E-state index in [1.165, 1.54) is 32.1 Å². The Morgan fingerprint density at radius 3 is 2.22 bits per heavy atom. The zero-order chi connectivity index (χ0) is 16.5. The molecule has 1 amide bonds. The van der Waals surface area contributed by atoms with Crippen molar-refractivity contribution in [3.8, 4) is 0 Å². The highest BCUT2D eigenvalue weighted by Gasteiger charge is 2.28. The van der Waals surface area contributed by atoms with Crippen LogP contribution in [-0.4, -0.2) is 61.5 Å². The van der Waals surface area contributed by atoms with Crippen LogP contribution in [0.1, 0.15) is 58.8 Å². The second-order valence-corrected chi connectivity index (χ2v) is 7.34. The maximum atomic E-state index is 13.0. The molecular formula is C19H37N3O. The van der Waals surface area contributed by atoms with Gasteiger partial charge in [-0.25, -0.2) is 0 Å². The molecular weight excluding hydrogens is 286 g/mol. The molecule has 0 aromatic carbocycles. The summed E-state index contributed by atoms with van der Waals surface area (Å²) in [6, 6.07) is 0. The van der Waals surface area contributed by atoms with Crippen molar-refractivity contribution < 1.29 is 4.79 Å². The average molecular weight is 324 g/mol. The minimum atomic E-state index is 0.261. The highest BCUT2D eigenvalue weighted by atomic mass is 16.2. The third-order valence-electron chi connectivity index (χ3n) is 5.78. The monoisotopic (exact) mass is 323 g/mol. The van der Waals surface area contributed by atoms with Crippen LogP contribution in [0.25, 0.3) is 0 Å². The number of amides is 1. The van der Waals surface area contributed by atoms with E-state index in [1.807, 2.05) is 0 Å². The first-order valence-electron chi connectivity index (χ1n) is 9.96. The molecule has 1 N–H and O–H groups in total. The second-order valence-electron chi connectivity index (χ2n) is 7.34. The molecule has 0 spiro atoms. The molecule has 0 bridgehead atoms. The lowest BCUT2D eigenvalue weighted by Crippen LogP contribution is -2.46. The van der Waals surface area contributed by atoms with E-state index in [2.05, 4.69) is 29.0 Å². The highest BCUT2D eigenvalue weighted by Crippen LogP contribution is 2.25. The van der Waals surface area contributed by atoms with Gasteiger partial charge in [0.15, 0.2) is 0 Å². The molecule has 1 aliphatic heterocycles. The highest BCUT2D eigenvalue weighted by molar-refractivity contribution is 5.79. The van der Waals surface area contributed by atoms with Gasteiger partial charge in [0.05, 0.1) is 0 Å². The number of hydrogen-bond acceptors (Lipinski definition) is 3. The summed E-state index contributed by atoms with van der Waals surface area (Å²) in [6.07, 6.45) is 8.78. The van der Waals surface area contributed by atoms with Crippen molar-refractivity contribution in [2.24, 2.45) is 11.8 Å². The molecule has 0 atom stereocenters. The molecule has 0 unspecified atom stereocenters. The van der Waals surface area contributed by atoms with E-state index in [1.54, 1.807) is 0 Å². The Hall–Kier alpha value is -0.610. The first kappa shape index (κ1) is 18.7. The summed E-state index contributed by atoms with van der Waals surface area (Å²) in [5.74, 6) is 1.44. The van der Waals surface area contributed by atoms with Crippen LogP contribution < -0.4 is 5.32 Å². The van der Waals surface area contributed by atoms with Gasteiger partial charge >= 0.3 is 0 Å². The van der Waals surface area contributed by atoms with Crippen molar-refractivity contribution in [3.05, 3.63) is 0 Å². The second kappa shape index (κ2) is 10.3. The lowest BCUT2D eigenvalue weighted by molar-refractivity contribution is -0.137. The predicted molar refractivity (Wildman–Crippen MR) is 96.5 cm³/mol. The minimum absolute atomic E-state index is 0.261. The van der Waals surface area contributed by atoms with Gasteiger partial charge < -0.3 is 15.1 Å². The molecule has 1 aliphatic carbocycles. The molecule has 4 heteroatoms. The van der Waals surface area contributed by atoms with E-state index in [9.17, 15) is 4.79 Å². The number of hydrogen-bond donors (Lipinski definition) is 1. The van der Waals surface area contributed by atoms with Crippen molar-refractivity contribution in [3.63, 3.8) is 0 Å². The van der Waals surface area contributed by atoms with Gasteiger partial charge in [-0.3, -0.25) is 4.79 Å². The summed E-state index contributed by atoms with van der Waals surface area (Å²) in [6.45, 7) is 11.5. The number of nitrogens with one attached hydrogen (secondary N) is 1. The first-order valence-corrected chi connectivity index (χ1v) is 9.96. The van der Waals surface area contributed by atoms with Crippen LogP contribution in [0, 0.1) is 11.8 Å². The number of nitrogens with zero attached hydrogens (tertiary/aromatic N) is 2. The Morgan fingerprint density at radius 2 is 1.61 bits per heavy atom. The van der Waals surface area contributed by atoms with Gasteiger partial charge in [0, 0.05) is 25.6 Å². The van der Waals surface area contributed by atoms with Crippen molar-refractivity contribution >= 4 is 5.91 Å². The summed E-state index contributed by atoms with van der Waals surface area (Å²) in [5, 5.41) is 3.38. The average Bonchev–Trinajstić information content (AvgIpc) is 2.62. The maximum absolute atomic E-state index is 13.0. The lowest BCUT2D eigenvalue weighted by atomic mass is 9.88. The zero-order valence-corrected chi connectivity index (χ0v) is 15.4. The van der Waals surface area contributed by atoms with E-state index in [4.69, 9.17) is 0 Å². The van der Waals surface area contributed by atoms with Gasteiger partial charge in [0.2, 0.25) is 5.91 Å². The summed E-state index contributed by atoms with van der Waals surface area (Å²) in [5.41, 5.74) is 0. The van der Waals surface area contributed by atoms with Crippen LogP contribution >= 0.6 is 0 Å². The predicted octanol–water partition coefficient (Wildman–Crippen LogP) is 2.74. The molecule has 4 nitrogen and oxygen atoms in total. The summed E-state index contributed by atoms with van der Waals surface area (Å²) < 4.78 is 0. The van der Waals surface area contributed by atoms with E-state index in [-0.39, 0.29) is 5.92 Å². The summed E-state index contributed by atoms with van der Waals surface area (Å²) >= 11 is 0. The topological polar surface area (TPSA) is 35.6 Å². The fraction of sp³-hybridized carbons (Fsp3) is 0.947. The Bertz CT molecular complexity index is 332. The Kier molecular flexibility index (Phi) is 8.38. The van der Waals surface area contributed by atoms with Crippen molar-refractivity contribution in [2.45, 2.75) is 58.8 Å². The van der Waals surface area contributed by atoms with Gasteiger partial charge in [-0.1, -0.05) is 33.1 Å². The molecule has 0 radical (unpaired) electrons. The maximum Gasteiger partial charge on any atom is 0.225 e. The number of carbonyl (C=O) groups excluding carboxylic acids is 1. The number of rotatable bonds is 8. The number of likely N-dealkylation sites (N-methyl/N-ethyl adjacent to an activating group) is 1. The Balaban J connectivity index is 1.92. The Labute approximate surface area is 143 Å². The van der Waals surface area contributed by atoms with E-state index in [0.717, 1.165) is 64.6 Å². The Morgan fingerprint density at radius 1 is 0.957 bits per heavy atom. The fourth-order valence-electron chi connectivity index (χ4n) is 4.10. The SMILES string of the molecule is CCN(CC)CCN(CC1CCCCC1)C(=O)C1CCNCC1. The lowest BCUT2D eigenvalue weighted by Gasteiger charge is -2.34. The third kappa shape index (κ3) is 6.07. The largest absolute Gasteiger partial charge is 0.341 e. The smallest absolute Gasteiger partial charge is 0.225 e. The molecule has 0 aromatic rings. The van der Waals surface area contributed by atoms with E-state index >= 15 is 0 Å². The van der Waals surface area contributed by atoms with Crippen LogP contribution in [0.15, 0.2) is 0 Å². The van der Waals surface area contributed by atoms with Gasteiger partial charge in [-0.2, -0.15) is 0 Å². The van der Waals surface area contributed by atoms with Gasteiger partial charge in [0.25, 0.3) is 0 Å². The third-order valence-corrected chi connectivity index (χ3v) is 5.78. The molecule has 1 saturated heterocycles. The van der Waals surface area contributed by atoms with E-state index < -0.39 is 0 Å². The number of piperidine rings is 1. The van der Waals surface area contributed by atoms with Gasteiger partial charge in [-0.05, 0) is 57.8 Å². The summed E-state index contributed by atoms with van der Waals surface area (Å²) in [7, 11) is 0. The summed E-state index contributed by atoms with van der Waals surface area (Å²) in [4.78, 5) is 17.7. The molecule has 1 heterocycles. The van der Waals surface area contributed by atoms with Gasteiger partial charge in [-0.15, -0.1) is 0 Å². The van der Waals surface area contributed by atoms with Crippen LogP contribution in [0.2, 0.25) is 0 Å². The van der Waals surface area contributed by atoms with Crippen LogP contribution in [0.5, 0.6) is 0 Å². The molecule has 0 aromatic heterocycles. The fourth-order valence-corrected chi connectivity index (χ4v) is 4.10. The van der Waals surface area contributed by atoms with Crippen LogP contribution in [-0.2, 0) is 4.79 Å². The normalized spacial score (nSPS) is 20.8. The molecule has 134 valence electrons. The molecule has 2 rings (SSSR count). The zero-order valence-electron chi connectivity index (χ0n) is 15.4. The molecule has 2 aliphatic rings. The van der Waals surface area contributed by atoms with Crippen molar-refractivity contribution in [1.82, 2.24) is 15.1 Å². The molecule has 23 heavy (non-hydrogen) atoms. The standard InChI is InChI=1S/C19H37N3O/c1-3-21(4-2)14-15-22(16-17-8-6-5-7-9-17)19(23)18-10-12-20-13-11-18/h17-18,20H,3-16H2,1-2H3. The first-order chi connectivity index (χ1) is 11.2. The van der Waals surface area contributed by atoms with Crippen molar-refractivity contribution in [2.75, 3.05) is 45.8 Å². The van der Waals surface area contributed by atoms with Crippen molar-refractivity contribution in [1.29, 1.82) is 0 Å².